The molecule has 80 valence electrons. The van der Waals surface area contributed by atoms with E-state index in [1.165, 1.54) is 19.1 Å². The lowest BCUT2D eigenvalue weighted by atomic mass is 9.83. The minimum absolute atomic E-state index is 0.535. The number of rotatable bonds is 6. The maximum atomic E-state index is 10.00. The molecule has 0 aromatic heterocycles. The normalized spacial score (nSPS) is 26.6. The third-order valence-electron chi connectivity index (χ3n) is 2.82. The molecule has 0 unspecified atom stereocenters. The van der Waals surface area contributed by atoms with Crippen LogP contribution < -0.4 is 0 Å². The summed E-state index contributed by atoms with van der Waals surface area (Å²) in [4.78, 5) is 10.00. The molecule has 0 aliphatic heterocycles. The highest BCUT2D eigenvalue weighted by atomic mass is 16.5. The van der Waals surface area contributed by atoms with Crippen LogP contribution in [0.5, 0.6) is 0 Å². The first-order chi connectivity index (χ1) is 6.86. The lowest BCUT2D eigenvalue weighted by Crippen LogP contribution is -2.20. The molecule has 1 aliphatic rings. The molecule has 0 amide bonds. The third-order valence-corrected chi connectivity index (χ3v) is 2.82. The molecular weight excluding hydrogens is 180 g/mol. The van der Waals surface area contributed by atoms with Crippen LogP contribution in [0.1, 0.15) is 25.7 Å². The first-order valence-corrected chi connectivity index (χ1v) is 5.14. The van der Waals surface area contributed by atoms with Gasteiger partial charge in [0.1, 0.15) is 0 Å². The van der Waals surface area contributed by atoms with Crippen LogP contribution >= 0.6 is 0 Å². The molecule has 0 bridgehead atoms. The quantitative estimate of drug-likeness (QED) is 0.484. The first kappa shape index (κ1) is 11.1. The zero-order valence-electron chi connectivity index (χ0n) is 8.48. The number of carbonyl (C=O) groups is 1. The van der Waals surface area contributed by atoms with Crippen molar-refractivity contribution in [3.8, 4) is 0 Å². The first-order valence-electron chi connectivity index (χ1n) is 5.14. The molecule has 0 saturated heterocycles. The smallest absolute Gasteiger partial charge is 0.293 e. The minimum Gasteiger partial charge on any atom is -0.502 e. The van der Waals surface area contributed by atoms with Gasteiger partial charge in [-0.3, -0.25) is 4.79 Å². The van der Waals surface area contributed by atoms with E-state index in [4.69, 9.17) is 9.47 Å². The van der Waals surface area contributed by atoms with E-state index >= 15 is 0 Å². The minimum atomic E-state index is 0.535. The Hall–Kier alpha value is -0.990. The molecular formula is C11H18O3. The highest BCUT2D eigenvalue weighted by Crippen LogP contribution is 2.28. The van der Waals surface area contributed by atoms with Gasteiger partial charge in [0.2, 0.25) is 0 Å². The van der Waals surface area contributed by atoms with Crippen molar-refractivity contribution in [1.82, 2.24) is 0 Å². The maximum Gasteiger partial charge on any atom is 0.293 e. The van der Waals surface area contributed by atoms with Crippen LogP contribution in [0, 0.1) is 11.8 Å². The van der Waals surface area contributed by atoms with E-state index in [9.17, 15) is 4.79 Å². The number of hydrogen-bond donors (Lipinski definition) is 0. The van der Waals surface area contributed by atoms with E-state index < -0.39 is 0 Å². The van der Waals surface area contributed by atoms with E-state index in [0.29, 0.717) is 24.9 Å². The van der Waals surface area contributed by atoms with Gasteiger partial charge in [0.05, 0.1) is 19.5 Å². The summed E-state index contributed by atoms with van der Waals surface area (Å²) in [7, 11) is 0. The van der Waals surface area contributed by atoms with Gasteiger partial charge < -0.3 is 9.47 Å². The fourth-order valence-corrected chi connectivity index (χ4v) is 1.94. The van der Waals surface area contributed by atoms with Gasteiger partial charge in [-0.2, -0.15) is 0 Å². The van der Waals surface area contributed by atoms with Gasteiger partial charge in [-0.05, 0) is 37.5 Å². The molecule has 3 heteroatoms. The third kappa shape index (κ3) is 3.81. The van der Waals surface area contributed by atoms with Crippen LogP contribution in [0.2, 0.25) is 0 Å². The Morgan fingerprint density at radius 2 is 1.57 bits per heavy atom. The van der Waals surface area contributed by atoms with E-state index in [1.54, 1.807) is 0 Å². The molecule has 14 heavy (non-hydrogen) atoms. The standard InChI is InChI=1S/C11H18O3/c1-2-13-7-10-3-5-11(6-4-10)8-14-9-12/h2,9-11H,1,3-8H2. The van der Waals surface area contributed by atoms with Gasteiger partial charge in [-0.1, -0.05) is 6.58 Å². The second-order valence-electron chi connectivity index (χ2n) is 3.82. The summed E-state index contributed by atoms with van der Waals surface area (Å²) >= 11 is 0. The summed E-state index contributed by atoms with van der Waals surface area (Å²) in [6.07, 6.45) is 6.11. The van der Waals surface area contributed by atoms with Crippen LogP contribution in [0.15, 0.2) is 12.8 Å². The van der Waals surface area contributed by atoms with Crippen molar-refractivity contribution in [1.29, 1.82) is 0 Å². The summed E-state index contributed by atoms with van der Waals surface area (Å²) in [6, 6.07) is 0. The maximum absolute atomic E-state index is 10.00. The molecule has 1 rings (SSSR count). The largest absolute Gasteiger partial charge is 0.502 e. The van der Waals surface area contributed by atoms with Crippen LogP contribution in [0.25, 0.3) is 0 Å². The Labute approximate surface area is 85.1 Å². The SMILES string of the molecule is C=COCC1CCC(COC=O)CC1. The van der Waals surface area contributed by atoms with Crippen molar-refractivity contribution < 1.29 is 14.3 Å². The molecule has 0 spiro atoms. The van der Waals surface area contributed by atoms with Crippen LogP contribution in [0.4, 0.5) is 0 Å². The molecule has 0 atom stereocenters. The van der Waals surface area contributed by atoms with Crippen molar-refractivity contribution >= 4 is 6.47 Å². The zero-order chi connectivity index (χ0) is 10.2. The Kier molecular flexibility index (Phi) is 5.12. The van der Waals surface area contributed by atoms with Gasteiger partial charge in [-0.15, -0.1) is 0 Å². The summed E-state index contributed by atoms with van der Waals surface area (Å²) < 4.78 is 9.93. The molecule has 0 heterocycles. The van der Waals surface area contributed by atoms with Crippen molar-refractivity contribution in [2.75, 3.05) is 13.2 Å². The predicted molar refractivity (Wildman–Crippen MR) is 53.6 cm³/mol. The average Bonchev–Trinajstić information content (AvgIpc) is 2.25. The molecule has 0 aromatic carbocycles. The lowest BCUT2D eigenvalue weighted by Gasteiger charge is -2.27. The van der Waals surface area contributed by atoms with Gasteiger partial charge in [0, 0.05) is 0 Å². The van der Waals surface area contributed by atoms with Gasteiger partial charge >= 0.3 is 0 Å². The predicted octanol–water partition coefficient (Wildman–Crippen LogP) is 2.13. The highest BCUT2D eigenvalue weighted by molar-refractivity contribution is 5.36. The molecule has 1 saturated carbocycles. The lowest BCUT2D eigenvalue weighted by molar-refractivity contribution is -0.130. The van der Waals surface area contributed by atoms with Gasteiger partial charge in [-0.25, -0.2) is 0 Å². The Bertz CT molecular complexity index is 151. The van der Waals surface area contributed by atoms with E-state index in [2.05, 4.69) is 6.58 Å². The van der Waals surface area contributed by atoms with Crippen molar-refractivity contribution in [3.63, 3.8) is 0 Å². The van der Waals surface area contributed by atoms with E-state index in [-0.39, 0.29) is 0 Å². The Morgan fingerprint density at radius 1 is 1.07 bits per heavy atom. The van der Waals surface area contributed by atoms with E-state index in [1.807, 2.05) is 0 Å². The van der Waals surface area contributed by atoms with Gasteiger partial charge in [0.25, 0.3) is 6.47 Å². The number of carbonyl (C=O) groups excluding carboxylic acids is 1. The highest BCUT2D eigenvalue weighted by Gasteiger charge is 2.21. The average molecular weight is 198 g/mol. The summed E-state index contributed by atoms with van der Waals surface area (Å²) in [5, 5.41) is 0. The summed E-state index contributed by atoms with van der Waals surface area (Å²) in [6.45, 7) is 5.42. The van der Waals surface area contributed by atoms with Crippen LogP contribution in [-0.2, 0) is 14.3 Å². The molecule has 1 aliphatic carbocycles. The molecule has 1 fully saturated rings. The van der Waals surface area contributed by atoms with Crippen LogP contribution in [-0.4, -0.2) is 19.7 Å². The second-order valence-corrected chi connectivity index (χ2v) is 3.82. The molecule has 0 aromatic rings. The number of hydrogen-bond acceptors (Lipinski definition) is 3. The molecule has 0 radical (unpaired) electrons. The zero-order valence-corrected chi connectivity index (χ0v) is 8.48. The summed E-state index contributed by atoms with van der Waals surface area (Å²) in [5.74, 6) is 1.21. The molecule has 0 N–H and O–H groups in total. The monoisotopic (exact) mass is 198 g/mol. The summed E-state index contributed by atoms with van der Waals surface area (Å²) in [5.41, 5.74) is 0. The van der Waals surface area contributed by atoms with Crippen LogP contribution in [0.3, 0.4) is 0 Å². The Balaban J connectivity index is 2.10. The van der Waals surface area contributed by atoms with Gasteiger partial charge in [0.15, 0.2) is 0 Å². The number of ether oxygens (including phenoxy) is 2. The van der Waals surface area contributed by atoms with E-state index in [0.717, 1.165) is 19.4 Å². The second kappa shape index (κ2) is 6.46. The fraction of sp³-hybridized carbons (Fsp3) is 0.727. The van der Waals surface area contributed by atoms with Crippen molar-refractivity contribution in [2.45, 2.75) is 25.7 Å². The van der Waals surface area contributed by atoms with Crippen molar-refractivity contribution in [3.05, 3.63) is 12.8 Å². The van der Waals surface area contributed by atoms with Crippen molar-refractivity contribution in [2.24, 2.45) is 11.8 Å². The topological polar surface area (TPSA) is 35.5 Å². The fourth-order valence-electron chi connectivity index (χ4n) is 1.94. The molecule has 3 nitrogen and oxygen atoms in total. The Morgan fingerprint density at radius 3 is 2.00 bits per heavy atom.